The number of aromatic nitrogens is 3. The number of rotatable bonds is 5. The number of carbonyl (C=O) groups excluding carboxylic acids is 1. The second-order valence-corrected chi connectivity index (χ2v) is 4.16. The van der Waals surface area contributed by atoms with Crippen LogP contribution in [0.5, 0.6) is 0 Å². The topological polar surface area (TPSA) is 108 Å². The third kappa shape index (κ3) is 3.00. The number of nitrogens with zero attached hydrogens (tertiary/aromatic N) is 2. The lowest BCUT2D eigenvalue weighted by atomic mass is 10.2. The second-order valence-electron chi connectivity index (χ2n) is 4.16. The number of benzene rings is 1. The minimum Gasteiger partial charge on any atom is -0.478 e. The molecular formula is C13H14N4O3. The van der Waals surface area contributed by atoms with Gasteiger partial charge in [0.2, 0.25) is 5.82 Å². The molecule has 0 saturated heterocycles. The fraction of sp³-hybridized carbons (Fsp3) is 0.231. The van der Waals surface area contributed by atoms with E-state index >= 15 is 0 Å². The standard InChI is InChI=1S/C13H14N4O3/c1-2-5-10-15-11(17-16-10)12(18)14-9-7-4-3-6-8(9)13(19)20/h3-4,6-7H,2,5H2,1H3,(H,14,18)(H,19,20)(H,15,16,17). The van der Waals surface area contributed by atoms with Gasteiger partial charge in [-0.3, -0.25) is 9.89 Å². The number of para-hydroxylation sites is 1. The van der Waals surface area contributed by atoms with E-state index in [1.807, 2.05) is 6.92 Å². The molecule has 0 saturated carbocycles. The van der Waals surface area contributed by atoms with Crippen molar-refractivity contribution < 1.29 is 14.7 Å². The van der Waals surface area contributed by atoms with E-state index in [1.54, 1.807) is 12.1 Å². The van der Waals surface area contributed by atoms with Gasteiger partial charge in [0.15, 0.2) is 0 Å². The maximum absolute atomic E-state index is 12.0. The van der Waals surface area contributed by atoms with Crippen molar-refractivity contribution in [2.45, 2.75) is 19.8 Å². The predicted octanol–water partition coefficient (Wildman–Crippen LogP) is 1.71. The predicted molar refractivity (Wildman–Crippen MR) is 71.7 cm³/mol. The molecule has 2 rings (SSSR count). The van der Waals surface area contributed by atoms with Crippen molar-refractivity contribution in [2.24, 2.45) is 0 Å². The Hall–Kier alpha value is -2.70. The molecule has 1 heterocycles. The number of hydrogen-bond acceptors (Lipinski definition) is 4. The highest BCUT2D eigenvalue weighted by Gasteiger charge is 2.16. The normalized spacial score (nSPS) is 10.2. The van der Waals surface area contributed by atoms with Crippen LogP contribution in [0.15, 0.2) is 24.3 Å². The van der Waals surface area contributed by atoms with Gasteiger partial charge in [0.1, 0.15) is 5.82 Å². The van der Waals surface area contributed by atoms with Crippen LogP contribution in [0.4, 0.5) is 5.69 Å². The number of carboxylic acid groups (broad SMARTS) is 1. The molecule has 7 heteroatoms. The third-order valence-electron chi connectivity index (χ3n) is 2.63. The first-order valence-corrected chi connectivity index (χ1v) is 6.16. The molecule has 1 amide bonds. The van der Waals surface area contributed by atoms with E-state index in [0.29, 0.717) is 12.2 Å². The number of aromatic carboxylic acids is 1. The fourth-order valence-electron chi connectivity index (χ4n) is 1.70. The highest BCUT2D eigenvalue weighted by Crippen LogP contribution is 2.15. The molecule has 3 N–H and O–H groups in total. The fourth-order valence-corrected chi connectivity index (χ4v) is 1.70. The van der Waals surface area contributed by atoms with Crippen LogP contribution in [0.3, 0.4) is 0 Å². The van der Waals surface area contributed by atoms with Crippen molar-refractivity contribution in [1.82, 2.24) is 15.2 Å². The summed E-state index contributed by atoms with van der Waals surface area (Å²) in [5, 5.41) is 18.0. The first-order valence-electron chi connectivity index (χ1n) is 6.16. The van der Waals surface area contributed by atoms with Crippen molar-refractivity contribution in [3.05, 3.63) is 41.5 Å². The van der Waals surface area contributed by atoms with Crippen LogP contribution in [0.1, 0.15) is 40.1 Å². The Bertz CT molecular complexity index is 636. The molecule has 0 radical (unpaired) electrons. The number of nitrogens with one attached hydrogen (secondary N) is 2. The maximum atomic E-state index is 12.0. The summed E-state index contributed by atoms with van der Waals surface area (Å²) in [5.41, 5.74) is 0.233. The molecule has 1 aromatic heterocycles. The number of amides is 1. The van der Waals surface area contributed by atoms with E-state index in [1.165, 1.54) is 12.1 Å². The van der Waals surface area contributed by atoms with Crippen molar-refractivity contribution >= 4 is 17.6 Å². The SMILES string of the molecule is CCCc1nc(C(=O)Nc2ccccc2C(=O)O)n[nH]1. The first kappa shape index (κ1) is 13.7. The highest BCUT2D eigenvalue weighted by atomic mass is 16.4. The highest BCUT2D eigenvalue weighted by molar-refractivity contribution is 6.05. The number of anilines is 1. The zero-order valence-electron chi connectivity index (χ0n) is 10.9. The Morgan fingerprint density at radius 3 is 2.80 bits per heavy atom. The molecule has 0 aliphatic carbocycles. The molecule has 0 bridgehead atoms. The summed E-state index contributed by atoms with van der Waals surface area (Å²) < 4.78 is 0. The van der Waals surface area contributed by atoms with Gasteiger partial charge in [-0.25, -0.2) is 9.78 Å². The van der Waals surface area contributed by atoms with Crippen LogP contribution in [0.2, 0.25) is 0 Å². The van der Waals surface area contributed by atoms with Gasteiger partial charge in [-0.05, 0) is 18.6 Å². The Balaban J connectivity index is 2.17. The largest absolute Gasteiger partial charge is 0.478 e. The smallest absolute Gasteiger partial charge is 0.337 e. The summed E-state index contributed by atoms with van der Waals surface area (Å²) in [6.07, 6.45) is 1.59. The van der Waals surface area contributed by atoms with Gasteiger partial charge in [-0.1, -0.05) is 19.1 Å². The number of hydrogen-bond donors (Lipinski definition) is 3. The quantitative estimate of drug-likeness (QED) is 0.769. The van der Waals surface area contributed by atoms with Crippen LogP contribution >= 0.6 is 0 Å². The molecule has 20 heavy (non-hydrogen) atoms. The summed E-state index contributed by atoms with van der Waals surface area (Å²) in [6, 6.07) is 6.16. The van der Waals surface area contributed by atoms with Crippen LogP contribution in [-0.2, 0) is 6.42 Å². The van der Waals surface area contributed by atoms with E-state index in [9.17, 15) is 9.59 Å². The molecule has 0 unspecified atom stereocenters. The Labute approximate surface area is 115 Å². The van der Waals surface area contributed by atoms with E-state index in [-0.39, 0.29) is 17.1 Å². The summed E-state index contributed by atoms with van der Waals surface area (Å²) in [4.78, 5) is 27.0. The van der Waals surface area contributed by atoms with Crippen LogP contribution in [0.25, 0.3) is 0 Å². The molecule has 0 aliphatic heterocycles. The number of carbonyl (C=O) groups is 2. The lowest BCUT2D eigenvalue weighted by Gasteiger charge is -2.05. The van der Waals surface area contributed by atoms with Crippen LogP contribution in [0, 0.1) is 0 Å². The number of carboxylic acids is 1. The van der Waals surface area contributed by atoms with Gasteiger partial charge in [0, 0.05) is 6.42 Å². The molecule has 104 valence electrons. The van der Waals surface area contributed by atoms with E-state index < -0.39 is 11.9 Å². The molecule has 7 nitrogen and oxygen atoms in total. The minimum atomic E-state index is -1.11. The Kier molecular flexibility index (Phi) is 4.09. The van der Waals surface area contributed by atoms with Gasteiger partial charge in [0.05, 0.1) is 11.3 Å². The molecule has 1 aromatic carbocycles. The van der Waals surface area contributed by atoms with Gasteiger partial charge in [0.25, 0.3) is 5.91 Å². The number of H-pyrrole nitrogens is 1. The zero-order chi connectivity index (χ0) is 14.5. The van der Waals surface area contributed by atoms with Gasteiger partial charge in [-0.15, -0.1) is 5.10 Å². The summed E-state index contributed by atoms with van der Waals surface area (Å²) in [5.74, 6) is -1.03. The molecule has 0 aliphatic rings. The van der Waals surface area contributed by atoms with E-state index in [2.05, 4.69) is 20.5 Å². The minimum absolute atomic E-state index is 0.00589. The molecule has 0 spiro atoms. The van der Waals surface area contributed by atoms with Crippen LogP contribution < -0.4 is 5.32 Å². The third-order valence-corrected chi connectivity index (χ3v) is 2.63. The van der Waals surface area contributed by atoms with Gasteiger partial charge in [-0.2, -0.15) is 0 Å². The molecule has 0 fully saturated rings. The maximum Gasteiger partial charge on any atom is 0.337 e. The number of aromatic amines is 1. The van der Waals surface area contributed by atoms with Crippen molar-refractivity contribution in [1.29, 1.82) is 0 Å². The van der Waals surface area contributed by atoms with Gasteiger partial charge < -0.3 is 10.4 Å². The average Bonchev–Trinajstić information content (AvgIpc) is 2.88. The monoisotopic (exact) mass is 274 g/mol. The molecular weight excluding hydrogens is 260 g/mol. The van der Waals surface area contributed by atoms with Crippen LogP contribution in [-0.4, -0.2) is 32.2 Å². The lowest BCUT2D eigenvalue weighted by molar-refractivity contribution is 0.0698. The Morgan fingerprint density at radius 1 is 1.35 bits per heavy atom. The van der Waals surface area contributed by atoms with Crippen molar-refractivity contribution in [2.75, 3.05) is 5.32 Å². The molecule has 0 atom stereocenters. The summed E-state index contributed by atoms with van der Waals surface area (Å²) >= 11 is 0. The lowest BCUT2D eigenvalue weighted by Crippen LogP contribution is -2.16. The van der Waals surface area contributed by atoms with E-state index in [0.717, 1.165) is 6.42 Å². The van der Waals surface area contributed by atoms with Gasteiger partial charge >= 0.3 is 5.97 Å². The number of aryl methyl sites for hydroxylation is 1. The summed E-state index contributed by atoms with van der Waals surface area (Å²) in [7, 11) is 0. The first-order chi connectivity index (χ1) is 9.61. The summed E-state index contributed by atoms with van der Waals surface area (Å²) in [6.45, 7) is 1.99. The molecule has 2 aromatic rings. The van der Waals surface area contributed by atoms with Crippen molar-refractivity contribution in [3.63, 3.8) is 0 Å². The second kappa shape index (κ2) is 5.96. The zero-order valence-corrected chi connectivity index (χ0v) is 10.9. The van der Waals surface area contributed by atoms with Crippen molar-refractivity contribution in [3.8, 4) is 0 Å². The Morgan fingerprint density at radius 2 is 2.10 bits per heavy atom. The average molecular weight is 274 g/mol. The van der Waals surface area contributed by atoms with E-state index in [4.69, 9.17) is 5.11 Å².